The largest absolute Gasteiger partial charge is 0.496 e. The molecule has 0 spiro atoms. The number of para-hydroxylation sites is 1. The van der Waals surface area contributed by atoms with Crippen LogP contribution < -0.4 is 19.6 Å². The van der Waals surface area contributed by atoms with Crippen molar-refractivity contribution in [2.75, 3.05) is 13.7 Å². The van der Waals surface area contributed by atoms with Crippen molar-refractivity contribution in [2.24, 2.45) is 4.99 Å². The molecule has 5 aromatic rings. The topological polar surface area (TPSA) is 74.8 Å². The first-order valence-electron chi connectivity index (χ1n) is 14.8. The third kappa shape index (κ3) is 6.02. The van der Waals surface area contributed by atoms with E-state index in [1.54, 1.807) is 42.9 Å². The van der Waals surface area contributed by atoms with E-state index >= 15 is 0 Å². The fourth-order valence-corrected chi connectivity index (χ4v) is 7.49. The molecular weight excluding hydrogens is 665 g/mol. The van der Waals surface area contributed by atoms with Crippen molar-refractivity contribution < 1.29 is 14.3 Å². The molecule has 0 saturated heterocycles. The highest BCUT2D eigenvalue weighted by Crippen LogP contribution is 2.38. The van der Waals surface area contributed by atoms with Crippen LogP contribution in [-0.4, -0.2) is 28.8 Å². The number of ether oxygens (including phenoxy) is 2. The standard InChI is InChI=1S/C35H30Cl3N3O4S/c1-4-8-27-31(34(43)45-5-2)32(25-16-22(36)13-14-29(25)44-3)41-33(42)30(46-35(41)39-27)15-21-19-40(28-10-7-6-9-24(21)28)18-20-11-12-23(37)17-26(20)38/h6-7,9-17,19,32H,4-5,8,18H2,1-3H3/b30-15+/t32-/m1/s1. The number of thiazole rings is 1. The van der Waals surface area contributed by atoms with E-state index in [-0.39, 0.29) is 12.2 Å². The molecule has 0 radical (unpaired) electrons. The zero-order valence-electron chi connectivity index (χ0n) is 25.4. The van der Waals surface area contributed by atoms with Crippen LogP contribution in [0.25, 0.3) is 17.0 Å². The molecule has 11 heteroatoms. The van der Waals surface area contributed by atoms with Gasteiger partial charge >= 0.3 is 5.97 Å². The number of esters is 1. The summed E-state index contributed by atoms with van der Waals surface area (Å²) in [5, 5.41) is 2.58. The molecule has 236 valence electrons. The number of benzene rings is 3. The van der Waals surface area contributed by atoms with Crippen LogP contribution in [-0.2, 0) is 16.1 Å². The summed E-state index contributed by atoms with van der Waals surface area (Å²) in [4.78, 5) is 33.3. The van der Waals surface area contributed by atoms with E-state index in [1.807, 2.05) is 55.6 Å². The maximum atomic E-state index is 14.4. The minimum atomic E-state index is -0.846. The second-order valence-electron chi connectivity index (χ2n) is 10.8. The van der Waals surface area contributed by atoms with Gasteiger partial charge in [0.15, 0.2) is 4.80 Å². The molecular formula is C35H30Cl3N3O4S. The number of carbonyl (C=O) groups excluding carboxylic acids is 1. The number of hydrogen-bond acceptors (Lipinski definition) is 6. The average molecular weight is 695 g/mol. The van der Waals surface area contributed by atoms with Crippen LogP contribution in [0.15, 0.2) is 87.9 Å². The summed E-state index contributed by atoms with van der Waals surface area (Å²) < 4.78 is 15.4. The van der Waals surface area contributed by atoms with Crippen molar-refractivity contribution in [1.29, 1.82) is 0 Å². The van der Waals surface area contributed by atoms with Gasteiger partial charge in [0.1, 0.15) is 11.8 Å². The van der Waals surface area contributed by atoms with Gasteiger partial charge in [-0.1, -0.05) is 83.7 Å². The highest BCUT2D eigenvalue weighted by atomic mass is 35.5. The SMILES string of the molecule is CCCC1=C(C(=O)OCC)[C@@H](c2cc(Cl)ccc2OC)n2c(s/c(=C/c3cn(Cc4ccc(Cl)cc4Cl)c4ccccc34)c2=O)=N1. The van der Waals surface area contributed by atoms with Crippen molar-refractivity contribution in [3.05, 3.63) is 130 Å². The van der Waals surface area contributed by atoms with Gasteiger partial charge in [0.25, 0.3) is 5.56 Å². The smallest absolute Gasteiger partial charge is 0.338 e. The Bertz CT molecular complexity index is 2200. The Balaban J connectivity index is 1.57. The first-order chi connectivity index (χ1) is 22.2. The first kappa shape index (κ1) is 32.1. The van der Waals surface area contributed by atoms with E-state index in [0.29, 0.717) is 60.0 Å². The zero-order valence-corrected chi connectivity index (χ0v) is 28.4. The van der Waals surface area contributed by atoms with Crippen molar-refractivity contribution >= 4 is 69.1 Å². The molecule has 0 amide bonds. The Labute approximate surface area is 284 Å². The number of hydrogen-bond donors (Lipinski definition) is 0. The first-order valence-corrected chi connectivity index (χ1v) is 16.8. The van der Waals surface area contributed by atoms with Crippen LogP contribution in [0.1, 0.15) is 49.4 Å². The number of nitrogens with zero attached hydrogens (tertiary/aromatic N) is 3. The maximum Gasteiger partial charge on any atom is 0.338 e. The molecule has 7 nitrogen and oxygen atoms in total. The second-order valence-corrected chi connectivity index (χ2v) is 13.1. The Kier molecular flexibility index (Phi) is 9.43. The van der Waals surface area contributed by atoms with Gasteiger partial charge in [-0.05, 0) is 61.4 Å². The summed E-state index contributed by atoms with van der Waals surface area (Å²) in [6, 6.07) is 17.8. The molecule has 46 heavy (non-hydrogen) atoms. The zero-order chi connectivity index (χ0) is 32.5. The molecule has 3 heterocycles. The van der Waals surface area contributed by atoms with Gasteiger partial charge in [0.05, 0.1) is 29.5 Å². The van der Waals surface area contributed by atoms with Gasteiger partial charge in [0.2, 0.25) is 0 Å². The van der Waals surface area contributed by atoms with Crippen LogP contribution in [0.5, 0.6) is 5.75 Å². The normalized spacial score (nSPS) is 14.8. The Hall–Kier alpha value is -3.82. The molecule has 0 fully saturated rings. The average Bonchev–Trinajstić information content (AvgIpc) is 3.54. The Morgan fingerprint density at radius 2 is 1.80 bits per heavy atom. The molecule has 3 aromatic carbocycles. The maximum absolute atomic E-state index is 14.4. The second kappa shape index (κ2) is 13.5. The monoisotopic (exact) mass is 693 g/mol. The summed E-state index contributed by atoms with van der Waals surface area (Å²) in [6.07, 6.45) is 5.16. The predicted octanol–water partition coefficient (Wildman–Crippen LogP) is 7.55. The lowest BCUT2D eigenvalue weighted by atomic mass is 9.93. The molecule has 2 aromatic heterocycles. The number of halogens is 3. The summed E-state index contributed by atoms with van der Waals surface area (Å²) >= 11 is 20.4. The van der Waals surface area contributed by atoms with E-state index < -0.39 is 12.0 Å². The van der Waals surface area contributed by atoms with E-state index in [0.717, 1.165) is 28.5 Å². The summed E-state index contributed by atoms with van der Waals surface area (Å²) in [7, 11) is 1.55. The third-order valence-electron chi connectivity index (χ3n) is 7.84. The van der Waals surface area contributed by atoms with Gasteiger partial charge in [-0.25, -0.2) is 9.79 Å². The molecule has 0 N–H and O–H groups in total. The molecule has 0 unspecified atom stereocenters. The highest BCUT2D eigenvalue weighted by Gasteiger charge is 2.36. The molecule has 1 atom stereocenters. The molecule has 1 aliphatic heterocycles. The van der Waals surface area contributed by atoms with Gasteiger partial charge in [-0.15, -0.1) is 0 Å². The van der Waals surface area contributed by atoms with E-state index in [9.17, 15) is 9.59 Å². The van der Waals surface area contributed by atoms with Crippen LogP contribution >= 0.6 is 46.1 Å². The minimum Gasteiger partial charge on any atom is -0.496 e. The number of fused-ring (bicyclic) bond motifs is 2. The quantitative estimate of drug-likeness (QED) is 0.149. The van der Waals surface area contributed by atoms with E-state index in [2.05, 4.69) is 4.57 Å². The van der Waals surface area contributed by atoms with Gasteiger partial charge in [-0.2, -0.15) is 0 Å². The van der Waals surface area contributed by atoms with Gasteiger partial charge in [0, 0.05) is 49.8 Å². The summed E-state index contributed by atoms with van der Waals surface area (Å²) in [5.41, 5.74) is 3.95. The van der Waals surface area contributed by atoms with Crippen LogP contribution in [0.4, 0.5) is 0 Å². The van der Waals surface area contributed by atoms with Gasteiger partial charge < -0.3 is 14.0 Å². The lowest BCUT2D eigenvalue weighted by Gasteiger charge is -2.27. The molecule has 0 aliphatic carbocycles. The molecule has 0 bridgehead atoms. The van der Waals surface area contributed by atoms with Crippen LogP contribution in [0, 0.1) is 0 Å². The number of rotatable bonds is 9. The molecule has 0 saturated carbocycles. The lowest BCUT2D eigenvalue weighted by molar-refractivity contribution is -0.139. The number of carbonyl (C=O) groups is 1. The Morgan fingerprint density at radius 3 is 2.54 bits per heavy atom. The fraction of sp³-hybridized carbons (Fsp3) is 0.229. The summed E-state index contributed by atoms with van der Waals surface area (Å²) in [5.74, 6) is -0.0348. The van der Waals surface area contributed by atoms with Crippen molar-refractivity contribution in [2.45, 2.75) is 39.3 Å². The number of methoxy groups -OCH3 is 1. The van der Waals surface area contributed by atoms with Gasteiger partial charge in [-0.3, -0.25) is 9.36 Å². The van der Waals surface area contributed by atoms with Crippen molar-refractivity contribution in [3.8, 4) is 5.75 Å². The lowest BCUT2D eigenvalue weighted by Crippen LogP contribution is -2.40. The van der Waals surface area contributed by atoms with Crippen LogP contribution in [0.2, 0.25) is 15.1 Å². The minimum absolute atomic E-state index is 0.177. The van der Waals surface area contributed by atoms with Crippen molar-refractivity contribution in [3.63, 3.8) is 0 Å². The van der Waals surface area contributed by atoms with E-state index in [4.69, 9.17) is 49.3 Å². The number of allylic oxidation sites excluding steroid dienone is 1. The van der Waals surface area contributed by atoms with E-state index in [1.165, 1.54) is 11.3 Å². The predicted molar refractivity (Wildman–Crippen MR) is 185 cm³/mol. The summed E-state index contributed by atoms with van der Waals surface area (Å²) in [6.45, 7) is 4.46. The molecule has 6 rings (SSSR count). The van der Waals surface area contributed by atoms with Crippen molar-refractivity contribution in [1.82, 2.24) is 9.13 Å². The number of aromatic nitrogens is 2. The molecule has 1 aliphatic rings. The third-order valence-corrected chi connectivity index (χ3v) is 9.65. The fourth-order valence-electron chi connectivity index (χ4n) is 5.83. The highest BCUT2D eigenvalue weighted by molar-refractivity contribution is 7.07. The Morgan fingerprint density at radius 1 is 1.04 bits per heavy atom. The van der Waals surface area contributed by atoms with Crippen LogP contribution in [0.3, 0.4) is 0 Å².